The van der Waals surface area contributed by atoms with E-state index in [1.165, 1.54) is 0 Å². The summed E-state index contributed by atoms with van der Waals surface area (Å²) in [5.41, 5.74) is 0. The van der Waals surface area contributed by atoms with E-state index in [-0.39, 0.29) is 13.0 Å². The molecule has 2 amide bonds. The van der Waals surface area contributed by atoms with Gasteiger partial charge >= 0.3 is 5.97 Å². The Balaban J connectivity index is 2.58. The zero-order valence-electron chi connectivity index (χ0n) is 6.62. The molecule has 5 nitrogen and oxygen atoms in total. The molecule has 1 N–H and O–H groups in total. The van der Waals surface area contributed by atoms with Crippen molar-refractivity contribution in [2.45, 2.75) is 13.3 Å². The highest BCUT2D eigenvalue weighted by Gasteiger charge is 2.37. The van der Waals surface area contributed by atoms with Crippen LogP contribution < -0.4 is 5.32 Å². The average Bonchev–Trinajstić information content (AvgIpc) is 2.30. The molecule has 0 aromatic rings. The lowest BCUT2D eigenvalue weighted by Gasteiger charge is -2.03. The quantitative estimate of drug-likeness (QED) is 0.336. The second-order valence-electron chi connectivity index (χ2n) is 2.42. The summed E-state index contributed by atoms with van der Waals surface area (Å²) in [7, 11) is 0. The van der Waals surface area contributed by atoms with Gasteiger partial charge in [-0.2, -0.15) is 0 Å². The summed E-state index contributed by atoms with van der Waals surface area (Å²) in [5, 5.41) is 2.03. The standard InChI is InChI=1S/C7H9NO4/c1-2-12-7(11)4-3-5(9)8-6(4)10/h4H,2-3H2,1H3,(H,8,9,10)/t4-/m1/s1. The molecule has 0 unspecified atom stereocenters. The average molecular weight is 171 g/mol. The van der Waals surface area contributed by atoms with Crippen molar-refractivity contribution in [2.24, 2.45) is 5.92 Å². The fourth-order valence-electron chi connectivity index (χ4n) is 0.987. The first-order chi connectivity index (χ1) is 5.65. The number of amides is 2. The van der Waals surface area contributed by atoms with Gasteiger partial charge in [-0.25, -0.2) is 0 Å². The van der Waals surface area contributed by atoms with Crippen molar-refractivity contribution in [3.05, 3.63) is 0 Å². The Bertz CT molecular complexity index is 236. The van der Waals surface area contributed by atoms with Gasteiger partial charge in [-0.05, 0) is 6.92 Å². The number of nitrogens with one attached hydrogen (secondary N) is 1. The molecule has 1 saturated heterocycles. The topological polar surface area (TPSA) is 72.5 Å². The van der Waals surface area contributed by atoms with Gasteiger partial charge in [-0.1, -0.05) is 0 Å². The number of hydrogen-bond acceptors (Lipinski definition) is 4. The van der Waals surface area contributed by atoms with Gasteiger partial charge in [-0.3, -0.25) is 19.7 Å². The highest BCUT2D eigenvalue weighted by Crippen LogP contribution is 2.11. The predicted octanol–water partition coefficient (Wildman–Crippen LogP) is -0.788. The van der Waals surface area contributed by atoms with Crippen LogP contribution in [0.3, 0.4) is 0 Å². The maximum atomic E-state index is 11.0. The molecule has 1 fully saturated rings. The fraction of sp³-hybridized carbons (Fsp3) is 0.571. The Morgan fingerprint density at radius 3 is 2.75 bits per heavy atom. The first-order valence-electron chi connectivity index (χ1n) is 3.65. The van der Waals surface area contributed by atoms with E-state index in [1.807, 2.05) is 5.32 Å². The van der Waals surface area contributed by atoms with Gasteiger partial charge < -0.3 is 4.74 Å². The SMILES string of the molecule is CCOC(=O)[C@@H]1CC(=O)NC1=O. The third kappa shape index (κ3) is 1.61. The largest absolute Gasteiger partial charge is 0.465 e. The van der Waals surface area contributed by atoms with Crippen molar-refractivity contribution in [1.29, 1.82) is 0 Å². The summed E-state index contributed by atoms with van der Waals surface area (Å²) in [6, 6.07) is 0. The molecule has 0 radical (unpaired) electrons. The minimum absolute atomic E-state index is 0.0856. The maximum absolute atomic E-state index is 11.0. The molecule has 1 aliphatic rings. The number of carbonyl (C=O) groups is 3. The van der Waals surface area contributed by atoms with Crippen molar-refractivity contribution in [3.63, 3.8) is 0 Å². The van der Waals surface area contributed by atoms with Gasteiger partial charge in [0.2, 0.25) is 11.8 Å². The second-order valence-corrected chi connectivity index (χ2v) is 2.42. The zero-order chi connectivity index (χ0) is 9.14. The molecule has 0 aliphatic carbocycles. The van der Waals surface area contributed by atoms with E-state index in [9.17, 15) is 14.4 Å². The molecule has 1 rings (SSSR count). The van der Waals surface area contributed by atoms with Gasteiger partial charge in [-0.15, -0.1) is 0 Å². The lowest BCUT2D eigenvalue weighted by Crippen LogP contribution is -2.27. The molecule has 0 bridgehead atoms. The Hall–Kier alpha value is -1.39. The van der Waals surface area contributed by atoms with E-state index in [1.54, 1.807) is 6.92 Å². The lowest BCUT2D eigenvalue weighted by molar-refractivity contribution is -0.150. The van der Waals surface area contributed by atoms with Crippen LogP contribution in [-0.2, 0) is 19.1 Å². The minimum atomic E-state index is -0.933. The lowest BCUT2D eigenvalue weighted by atomic mass is 10.1. The number of imide groups is 1. The van der Waals surface area contributed by atoms with Crippen molar-refractivity contribution < 1.29 is 19.1 Å². The Labute approximate surface area is 69.1 Å². The number of esters is 1. The van der Waals surface area contributed by atoms with Crippen molar-refractivity contribution in [3.8, 4) is 0 Å². The minimum Gasteiger partial charge on any atom is -0.465 e. The first kappa shape index (κ1) is 8.70. The Morgan fingerprint density at radius 2 is 2.33 bits per heavy atom. The van der Waals surface area contributed by atoms with E-state index in [4.69, 9.17) is 0 Å². The monoisotopic (exact) mass is 171 g/mol. The van der Waals surface area contributed by atoms with Crippen LogP contribution in [0.15, 0.2) is 0 Å². The number of hydrogen-bond donors (Lipinski definition) is 1. The van der Waals surface area contributed by atoms with Crippen molar-refractivity contribution >= 4 is 17.8 Å². The smallest absolute Gasteiger partial charge is 0.319 e. The predicted molar refractivity (Wildman–Crippen MR) is 37.9 cm³/mol. The summed E-state index contributed by atoms with van der Waals surface area (Å²) in [5.74, 6) is -2.53. The van der Waals surface area contributed by atoms with Crippen LogP contribution in [0.2, 0.25) is 0 Å². The number of ether oxygens (including phenoxy) is 1. The van der Waals surface area contributed by atoms with Crippen LogP contribution in [0.5, 0.6) is 0 Å². The highest BCUT2D eigenvalue weighted by atomic mass is 16.5. The molecule has 0 aromatic carbocycles. The van der Waals surface area contributed by atoms with Gasteiger partial charge in [0.25, 0.3) is 0 Å². The van der Waals surface area contributed by atoms with Gasteiger partial charge in [0.15, 0.2) is 0 Å². The molecule has 5 heteroatoms. The number of rotatable bonds is 2. The summed E-state index contributed by atoms with van der Waals surface area (Å²) >= 11 is 0. The van der Waals surface area contributed by atoms with E-state index in [0.717, 1.165) is 0 Å². The number of carbonyl (C=O) groups excluding carboxylic acids is 3. The van der Waals surface area contributed by atoms with Crippen LogP contribution in [-0.4, -0.2) is 24.4 Å². The van der Waals surface area contributed by atoms with Gasteiger partial charge in [0.05, 0.1) is 6.61 Å². The molecular formula is C7H9NO4. The van der Waals surface area contributed by atoms with Crippen LogP contribution >= 0.6 is 0 Å². The van der Waals surface area contributed by atoms with Crippen LogP contribution in [0.4, 0.5) is 0 Å². The zero-order valence-corrected chi connectivity index (χ0v) is 6.62. The molecule has 1 aliphatic heterocycles. The van der Waals surface area contributed by atoms with Crippen molar-refractivity contribution in [1.82, 2.24) is 5.32 Å². The van der Waals surface area contributed by atoms with E-state index < -0.39 is 23.7 Å². The van der Waals surface area contributed by atoms with E-state index >= 15 is 0 Å². The van der Waals surface area contributed by atoms with E-state index in [0.29, 0.717) is 0 Å². The Morgan fingerprint density at radius 1 is 1.67 bits per heavy atom. The molecule has 0 aromatic heterocycles. The summed E-state index contributed by atoms with van der Waals surface area (Å²) in [4.78, 5) is 32.5. The van der Waals surface area contributed by atoms with Gasteiger partial charge in [0.1, 0.15) is 5.92 Å². The normalized spacial score (nSPS) is 22.2. The summed E-state index contributed by atoms with van der Waals surface area (Å²) in [6.45, 7) is 1.86. The fourth-order valence-corrected chi connectivity index (χ4v) is 0.987. The molecule has 1 atom stereocenters. The molecular weight excluding hydrogens is 162 g/mol. The third-order valence-corrected chi connectivity index (χ3v) is 1.54. The molecule has 66 valence electrons. The van der Waals surface area contributed by atoms with Crippen LogP contribution in [0.1, 0.15) is 13.3 Å². The van der Waals surface area contributed by atoms with E-state index in [2.05, 4.69) is 4.74 Å². The summed E-state index contributed by atoms with van der Waals surface area (Å²) < 4.78 is 4.59. The van der Waals surface area contributed by atoms with Crippen LogP contribution in [0.25, 0.3) is 0 Å². The second kappa shape index (κ2) is 3.34. The maximum Gasteiger partial charge on any atom is 0.319 e. The first-order valence-corrected chi connectivity index (χ1v) is 3.65. The molecule has 0 saturated carbocycles. The molecule has 1 heterocycles. The third-order valence-electron chi connectivity index (χ3n) is 1.54. The van der Waals surface area contributed by atoms with Crippen LogP contribution in [0, 0.1) is 5.92 Å². The van der Waals surface area contributed by atoms with Gasteiger partial charge in [0, 0.05) is 6.42 Å². The Kier molecular flexibility index (Phi) is 2.42. The molecule has 12 heavy (non-hydrogen) atoms. The summed E-state index contributed by atoms with van der Waals surface area (Å²) in [6.07, 6.45) is -0.0856. The molecule has 0 spiro atoms. The van der Waals surface area contributed by atoms with Crippen molar-refractivity contribution in [2.75, 3.05) is 6.61 Å². The highest BCUT2D eigenvalue weighted by molar-refractivity contribution is 6.12.